The van der Waals surface area contributed by atoms with E-state index in [1.54, 1.807) is 30.5 Å². The lowest BCUT2D eigenvalue weighted by Crippen LogP contribution is -2.35. The largest absolute Gasteiger partial charge is 0.492 e. The number of alkyl halides is 1. The molecule has 0 radical (unpaired) electrons. The van der Waals surface area contributed by atoms with Crippen LogP contribution < -0.4 is 20.1 Å². The number of anilines is 2. The van der Waals surface area contributed by atoms with E-state index < -0.39 is 18.4 Å². The Kier molecular flexibility index (Phi) is 5.48. The van der Waals surface area contributed by atoms with Gasteiger partial charge in [-0.2, -0.15) is 0 Å². The van der Waals surface area contributed by atoms with E-state index >= 15 is 0 Å². The second-order valence-corrected chi connectivity index (χ2v) is 7.75. The summed E-state index contributed by atoms with van der Waals surface area (Å²) in [6.45, 7) is -0.507. The van der Waals surface area contributed by atoms with Crippen molar-refractivity contribution in [3.05, 3.63) is 59.7 Å². The number of nitrogens with one attached hydrogen (secondary N) is 3. The molecule has 8 nitrogen and oxygen atoms in total. The van der Waals surface area contributed by atoms with E-state index in [2.05, 4.69) is 25.6 Å². The van der Waals surface area contributed by atoms with Crippen LogP contribution in [0, 0.1) is 5.82 Å². The summed E-state index contributed by atoms with van der Waals surface area (Å²) in [6.07, 6.45) is 1.62. The van der Waals surface area contributed by atoms with Gasteiger partial charge in [-0.3, -0.25) is 14.2 Å². The molecule has 4 aromatic rings. The van der Waals surface area contributed by atoms with Crippen LogP contribution in [0.4, 0.5) is 20.2 Å². The molecule has 34 heavy (non-hydrogen) atoms. The molecule has 1 atom stereocenters. The zero-order valence-electron chi connectivity index (χ0n) is 18.4. The molecule has 3 N–H and O–H groups in total. The molecule has 0 bridgehead atoms. The number of fused-ring (bicyclic) bond motifs is 2. The number of amides is 1. The van der Waals surface area contributed by atoms with Gasteiger partial charge < -0.3 is 25.1 Å². The van der Waals surface area contributed by atoms with E-state index in [9.17, 15) is 13.6 Å². The summed E-state index contributed by atoms with van der Waals surface area (Å²) in [7, 11) is 2.87. The number of hydrogen-bond acceptors (Lipinski definition) is 6. The number of benzene rings is 1. The van der Waals surface area contributed by atoms with Crippen LogP contribution in [0.25, 0.3) is 22.3 Å². The van der Waals surface area contributed by atoms with Gasteiger partial charge in [0.1, 0.15) is 5.52 Å². The van der Waals surface area contributed by atoms with Gasteiger partial charge in [0.15, 0.2) is 11.6 Å². The monoisotopic (exact) mass is 465 g/mol. The second kappa shape index (κ2) is 8.62. The number of nitrogens with zero attached hydrogens (tertiary/aromatic N) is 2. The van der Waals surface area contributed by atoms with Crippen LogP contribution in [0.1, 0.15) is 22.0 Å². The Morgan fingerprint density at radius 2 is 2.03 bits per heavy atom. The molecule has 1 aliphatic heterocycles. The molecule has 0 fully saturated rings. The molecule has 0 saturated carbocycles. The van der Waals surface area contributed by atoms with E-state index in [4.69, 9.17) is 9.47 Å². The van der Waals surface area contributed by atoms with E-state index in [0.717, 1.165) is 0 Å². The molecule has 1 amide bonds. The lowest BCUT2D eigenvalue weighted by atomic mass is 9.97. The summed E-state index contributed by atoms with van der Waals surface area (Å²) < 4.78 is 38.8. The number of pyridine rings is 2. The number of rotatable bonds is 6. The third kappa shape index (κ3) is 3.47. The fraction of sp³-hybridized carbons (Fsp3) is 0.208. The van der Waals surface area contributed by atoms with Crippen molar-refractivity contribution in [1.82, 2.24) is 20.3 Å². The number of aromatic amines is 1. The van der Waals surface area contributed by atoms with Crippen LogP contribution in [0.3, 0.4) is 0 Å². The highest BCUT2D eigenvalue weighted by atomic mass is 19.1. The van der Waals surface area contributed by atoms with Crippen molar-refractivity contribution in [3.8, 4) is 22.9 Å². The average Bonchev–Trinajstić information content (AvgIpc) is 3.23. The Hall–Kier alpha value is -4.21. The molecule has 0 aliphatic carbocycles. The summed E-state index contributed by atoms with van der Waals surface area (Å²) in [4.78, 5) is 25.1. The van der Waals surface area contributed by atoms with Gasteiger partial charge in [0.25, 0.3) is 5.91 Å². The number of carbonyl (C=O) groups is 1. The molecule has 174 valence electrons. The Bertz CT molecular complexity index is 1410. The number of para-hydroxylation sites is 1. The fourth-order valence-electron chi connectivity index (χ4n) is 4.20. The van der Waals surface area contributed by atoms with Gasteiger partial charge in [0.2, 0.25) is 5.88 Å². The van der Waals surface area contributed by atoms with E-state index in [0.29, 0.717) is 45.2 Å². The van der Waals surface area contributed by atoms with Gasteiger partial charge in [-0.05, 0) is 24.3 Å². The normalized spacial score (nSPS) is 15.1. The Balaban J connectivity index is 1.78. The number of carbonyl (C=O) groups excluding carboxylic acids is 1. The van der Waals surface area contributed by atoms with E-state index in [1.807, 2.05) is 0 Å². The highest BCUT2D eigenvalue weighted by Gasteiger charge is 2.33. The summed E-state index contributed by atoms with van der Waals surface area (Å²) in [5, 5.41) is 5.88. The smallest absolute Gasteiger partial charge is 0.255 e. The Labute approximate surface area is 193 Å². The number of aromatic nitrogens is 3. The lowest BCUT2D eigenvalue weighted by Gasteiger charge is -2.21. The van der Waals surface area contributed by atoms with Gasteiger partial charge in [-0.1, -0.05) is 6.07 Å². The number of H-pyrrole nitrogens is 1. The minimum Gasteiger partial charge on any atom is -0.492 e. The van der Waals surface area contributed by atoms with Gasteiger partial charge in [0.05, 0.1) is 49.0 Å². The topological polar surface area (TPSA) is 101 Å². The van der Waals surface area contributed by atoms with Crippen molar-refractivity contribution in [3.63, 3.8) is 0 Å². The standard InChI is InChI=1S/C24H21F2N5O3/c1-33-17-7-6-15-20(30-17)13(8-9-27-15)21-22(29-16-5-3-4-14(26)23(16)34-2)18-19(31-21)12(10-25)11-28-24(18)32/h3-9,12,29,31H,10-11H2,1-2H3,(H,28,32)/t12-/m0/s1. The van der Waals surface area contributed by atoms with Crippen LogP contribution >= 0.6 is 0 Å². The molecule has 0 saturated heterocycles. The minimum atomic E-state index is -0.668. The van der Waals surface area contributed by atoms with Crippen LogP contribution in [0.15, 0.2) is 42.6 Å². The zero-order valence-corrected chi connectivity index (χ0v) is 18.4. The molecule has 0 spiro atoms. The fourth-order valence-corrected chi connectivity index (χ4v) is 4.20. The van der Waals surface area contributed by atoms with Crippen molar-refractivity contribution in [1.29, 1.82) is 0 Å². The summed E-state index contributed by atoms with van der Waals surface area (Å²) in [5.74, 6) is -1.12. The van der Waals surface area contributed by atoms with Crippen LogP contribution in [0.2, 0.25) is 0 Å². The van der Waals surface area contributed by atoms with Crippen molar-refractivity contribution in [2.75, 3.05) is 32.8 Å². The quantitative estimate of drug-likeness (QED) is 0.392. The Morgan fingerprint density at radius 1 is 1.18 bits per heavy atom. The van der Waals surface area contributed by atoms with Gasteiger partial charge in [0, 0.05) is 36.0 Å². The average molecular weight is 465 g/mol. The first-order valence-corrected chi connectivity index (χ1v) is 10.5. The number of halogens is 2. The van der Waals surface area contributed by atoms with Crippen LogP contribution in [0.5, 0.6) is 11.6 Å². The summed E-state index contributed by atoms with van der Waals surface area (Å²) in [5.41, 5.74) is 3.59. The zero-order chi connectivity index (χ0) is 23.8. The Morgan fingerprint density at radius 3 is 2.79 bits per heavy atom. The van der Waals surface area contributed by atoms with Crippen molar-refractivity contribution >= 4 is 28.3 Å². The highest BCUT2D eigenvalue weighted by Crippen LogP contribution is 2.43. The molecular weight excluding hydrogens is 444 g/mol. The molecular formula is C24H21F2N5O3. The summed E-state index contributed by atoms with van der Waals surface area (Å²) >= 11 is 0. The maximum Gasteiger partial charge on any atom is 0.255 e. The molecule has 0 unspecified atom stereocenters. The van der Waals surface area contributed by atoms with Crippen molar-refractivity contribution in [2.24, 2.45) is 0 Å². The van der Waals surface area contributed by atoms with Gasteiger partial charge in [-0.25, -0.2) is 9.37 Å². The van der Waals surface area contributed by atoms with E-state index in [-0.39, 0.29) is 23.8 Å². The maximum atomic E-state index is 14.4. The molecule has 4 heterocycles. The highest BCUT2D eigenvalue weighted by molar-refractivity contribution is 6.08. The molecule has 1 aromatic carbocycles. The first-order valence-electron chi connectivity index (χ1n) is 10.5. The second-order valence-electron chi connectivity index (χ2n) is 7.75. The van der Waals surface area contributed by atoms with Crippen molar-refractivity contribution < 1.29 is 23.0 Å². The molecule has 10 heteroatoms. The number of ether oxygens (including phenoxy) is 2. The minimum absolute atomic E-state index is 0.0129. The van der Waals surface area contributed by atoms with Gasteiger partial charge >= 0.3 is 0 Å². The first-order chi connectivity index (χ1) is 16.5. The maximum absolute atomic E-state index is 14.4. The number of hydrogen-bond donors (Lipinski definition) is 3. The van der Waals surface area contributed by atoms with Crippen LogP contribution in [-0.2, 0) is 0 Å². The molecule has 3 aromatic heterocycles. The predicted octanol–water partition coefficient (Wildman–Crippen LogP) is 4.32. The SMILES string of the molecule is COc1ccc2nccc(-c3[nH]c4c(c3Nc3cccc(F)c3OC)C(=O)NC[C@@H]4CF)c2n1. The predicted molar refractivity (Wildman–Crippen MR) is 123 cm³/mol. The van der Waals surface area contributed by atoms with Crippen molar-refractivity contribution in [2.45, 2.75) is 5.92 Å². The van der Waals surface area contributed by atoms with Crippen LogP contribution in [-0.4, -0.2) is 48.3 Å². The number of methoxy groups -OCH3 is 2. The third-order valence-electron chi connectivity index (χ3n) is 5.83. The lowest BCUT2D eigenvalue weighted by molar-refractivity contribution is 0.0938. The molecule has 1 aliphatic rings. The first kappa shape index (κ1) is 21.6. The van der Waals surface area contributed by atoms with Gasteiger partial charge in [-0.15, -0.1) is 0 Å². The third-order valence-corrected chi connectivity index (χ3v) is 5.83. The molecule has 5 rings (SSSR count). The van der Waals surface area contributed by atoms with E-state index in [1.165, 1.54) is 26.4 Å². The summed E-state index contributed by atoms with van der Waals surface area (Å²) in [6, 6.07) is 9.63.